The normalized spacial score (nSPS) is 14.2. The molecule has 0 amide bonds. The maximum absolute atomic E-state index is 4.00. The molecule has 0 unspecified atom stereocenters. The molecule has 0 saturated heterocycles. The topological polar surface area (TPSA) is 0 Å². The predicted octanol–water partition coefficient (Wildman–Crippen LogP) is 7.11. The van der Waals surface area contributed by atoms with E-state index in [1.54, 1.807) is 0 Å². The van der Waals surface area contributed by atoms with Crippen LogP contribution in [-0.4, -0.2) is 0 Å². The Bertz CT molecular complexity index is 357. The zero-order valence-corrected chi connectivity index (χ0v) is 14.1. The summed E-state index contributed by atoms with van der Waals surface area (Å²) in [6, 6.07) is 0. The Hall–Kier alpha value is -1.48. The lowest BCUT2D eigenvalue weighted by Crippen LogP contribution is -1.80. The number of hydrogen-bond acceptors (Lipinski definition) is 0. The second-order valence-corrected chi connectivity index (χ2v) is 5.08. The zero-order chi connectivity index (χ0) is 16.0. The molecule has 0 aromatic carbocycles. The van der Waals surface area contributed by atoms with Crippen molar-refractivity contribution >= 4 is 0 Å². The summed E-state index contributed by atoms with van der Waals surface area (Å²) in [6.45, 7) is 14.5. The first kappa shape index (κ1) is 24.5. The molecule has 0 aromatic heterocycles. The highest BCUT2D eigenvalue weighted by Crippen LogP contribution is 2.31. The molecule has 0 spiro atoms. The second-order valence-electron chi connectivity index (χ2n) is 5.08. The fraction of sp³-hybridized carbons (Fsp3) is 0.524. The van der Waals surface area contributed by atoms with Crippen LogP contribution < -0.4 is 0 Å². The fourth-order valence-corrected chi connectivity index (χ4v) is 1.42. The van der Waals surface area contributed by atoms with Crippen LogP contribution in [0, 0.1) is 18.8 Å². The minimum atomic E-state index is 0. The molecule has 0 heterocycles. The third-order valence-corrected chi connectivity index (χ3v) is 3.26. The Labute approximate surface area is 134 Å². The van der Waals surface area contributed by atoms with Gasteiger partial charge in [-0.15, -0.1) is 12.8 Å². The highest BCUT2D eigenvalue weighted by molar-refractivity contribution is 5.34. The van der Waals surface area contributed by atoms with Gasteiger partial charge in [0.25, 0.3) is 0 Å². The van der Waals surface area contributed by atoms with Crippen molar-refractivity contribution in [2.75, 3.05) is 0 Å². The molecule has 0 bridgehead atoms. The Morgan fingerprint density at radius 2 is 1.71 bits per heavy atom. The lowest BCUT2D eigenvalue weighted by Gasteiger charge is -2.00. The largest absolute Gasteiger partial charge is 0.124 e. The molecule has 1 aliphatic carbocycles. The summed E-state index contributed by atoms with van der Waals surface area (Å²) >= 11 is 0. The first-order valence-corrected chi connectivity index (χ1v) is 7.54. The summed E-state index contributed by atoms with van der Waals surface area (Å²) in [5.41, 5.74) is 3.75. The lowest BCUT2D eigenvalue weighted by atomic mass is 10.1. The van der Waals surface area contributed by atoms with Crippen LogP contribution in [0.4, 0.5) is 0 Å². The zero-order valence-electron chi connectivity index (χ0n) is 14.1. The van der Waals surface area contributed by atoms with Crippen molar-refractivity contribution in [3.63, 3.8) is 0 Å². The highest BCUT2D eigenvalue weighted by Gasteiger charge is 2.17. The highest BCUT2D eigenvalue weighted by atomic mass is 14.2. The van der Waals surface area contributed by atoms with E-state index in [0.29, 0.717) is 0 Å². The third kappa shape index (κ3) is 16.5. The molecule has 1 rings (SSSR count). The lowest BCUT2D eigenvalue weighted by molar-refractivity contribution is 0.799. The number of rotatable bonds is 5. The van der Waals surface area contributed by atoms with Gasteiger partial charge in [-0.1, -0.05) is 77.0 Å². The maximum atomic E-state index is 4.00. The van der Waals surface area contributed by atoms with Crippen LogP contribution in [0.3, 0.4) is 0 Å². The van der Waals surface area contributed by atoms with Crippen LogP contribution in [0.15, 0.2) is 47.6 Å². The van der Waals surface area contributed by atoms with Crippen molar-refractivity contribution in [2.45, 2.75) is 67.7 Å². The number of allylic oxidation sites excluding steroid dienone is 7. The monoisotopic (exact) mass is 288 g/mol. The summed E-state index contributed by atoms with van der Waals surface area (Å²) in [6.07, 6.45) is 22.0. The van der Waals surface area contributed by atoms with Gasteiger partial charge in [-0.2, -0.15) is 0 Å². The van der Waals surface area contributed by atoms with Crippen molar-refractivity contribution in [3.05, 3.63) is 47.6 Å². The van der Waals surface area contributed by atoms with Crippen LogP contribution in [-0.2, 0) is 0 Å². The van der Waals surface area contributed by atoms with E-state index in [-0.39, 0.29) is 7.43 Å². The first-order valence-electron chi connectivity index (χ1n) is 7.54. The minimum Gasteiger partial charge on any atom is -0.124 e. The quantitative estimate of drug-likeness (QED) is 0.373. The van der Waals surface area contributed by atoms with Gasteiger partial charge in [-0.05, 0) is 44.3 Å². The van der Waals surface area contributed by atoms with Crippen molar-refractivity contribution in [2.24, 2.45) is 5.92 Å². The van der Waals surface area contributed by atoms with E-state index >= 15 is 0 Å². The molecule has 1 saturated carbocycles. The van der Waals surface area contributed by atoms with Gasteiger partial charge >= 0.3 is 0 Å². The van der Waals surface area contributed by atoms with Gasteiger partial charge in [0.2, 0.25) is 0 Å². The van der Waals surface area contributed by atoms with Gasteiger partial charge in [0, 0.05) is 0 Å². The molecule has 0 nitrogen and oxygen atoms in total. The molecular weight excluding hydrogens is 252 g/mol. The van der Waals surface area contributed by atoms with Gasteiger partial charge < -0.3 is 0 Å². The van der Waals surface area contributed by atoms with Crippen molar-refractivity contribution < 1.29 is 0 Å². The van der Waals surface area contributed by atoms with Crippen molar-refractivity contribution in [1.29, 1.82) is 0 Å². The third-order valence-electron chi connectivity index (χ3n) is 3.26. The minimum absolute atomic E-state index is 0. The van der Waals surface area contributed by atoms with Gasteiger partial charge in [-0.3, -0.25) is 0 Å². The Morgan fingerprint density at radius 3 is 1.95 bits per heavy atom. The van der Waals surface area contributed by atoms with Crippen LogP contribution >= 0.6 is 0 Å². The molecular formula is C21H36. The fourth-order valence-electron chi connectivity index (χ4n) is 1.42. The van der Waals surface area contributed by atoms with E-state index in [4.69, 9.17) is 0 Å². The van der Waals surface area contributed by atoms with E-state index < -0.39 is 0 Å². The smallest absolute Gasteiger partial charge is 0.0307 e. The van der Waals surface area contributed by atoms with E-state index in [2.05, 4.69) is 58.4 Å². The summed E-state index contributed by atoms with van der Waals surface area (Å²) < 4.78 is 0. The molecule has 120 valence electrons. The summed E-state index contributed by atoms with van der Waals surface area (Å²) in [5, 5.41) is 0. The molecule has 1 aliphatic rings. The van der Waals surface area contributed by atoms with Gasteiger partial charge in [0.05, 0.1) is 0 Å². The van der Waals surface area contributed by atoms with Crippen LogP contribution in [0.5, 0.6) is 0 Å². The Balaban J connectivity index is -0.000000336. The van der Waals surface area contributed by atoms with Crippen LogP contribution in [0.25, 0.3) is 0 Å². The van der Waals surface area contributed by atoms with Gasteiger partial charge in [-0.25, -0.2) is 0 Å². The Morgan fingerprint density at radius 1 is 1.19 bits per heavy atom. The molecule has 0 N–H and O–H groups in total. The molecule has 0 heteroatoms. The first-order chi connectivity index (χ1) is 9.54. The summed E-state index contributed by atoms with van der Waals surface area (Å²) in [4.78, 5) is 0. The number of hydrogen-bond donors (Lipinski definition) is 0. The maximum Gasteiger partial charge on any atom is -0.0307 e. The van der Waals surface area contributed by atoms with Crippen molar-refractivity contribution in [1.82, 2.24) is 0 Å². The van der Waals surface area contributed by atoms with Gasteiger partial charge in [0.1, 0.15) is 0 Å². The van der Waals surface area contributed by atoms with E-state index in [1.165, 1.54) is 30.4 Å². The van der Waals surface area contributed by atoms with E-state index in [1.807, 2.05) is 19.9 Å². The number of terminal acetylenes is 1. The second kappa shape index (κ2) is 16.6. The standard InChI is InChI=1S/C13H20.C5H10.C2H2.CH4/c1-6-8-9-13(7-2)10-12(5)11(3)4;1-2-5-3-4-5;1-2;/h6,8-10H,3,7H2,1-2,4-5H3;5H,2-4H2,1H3;1-2H;1H4/b8-6-,12-10+,13-9+;;;. The average molecular weight is 289 g/mol. The molecule has 0 atom stereocenters. The van der Waals surface area contributed by atoms with Crippen LogP contribution in [0.2, 0.25) is 0 Å². The Kier molecular flexibility index (Phi) is 19.4. The van der Waals surface area contributed by atoms with E-state index in [9.17, 15) is 0 Å². The molecule has 0 aromatic rings. The predicted molar refractivity (Wildman–Crippen MR) is 101 cm³/mol. The van der Waals surface area contributed by atoms with Gasteiger partial charge in [0.15, 0.2) is 0 Å². The molecule has 1 fully saturated rings. The molecule has 0 radical (unpaired) electrons. The average Bonchev–Trinajstić information content (AvgIpc) is 3.30. The van der Waals surface area contributed by atoms with Crippen molar-refractivity contribution in [3.8, 4) is 12.8 Å². The molecule has 21 heavy (non-hydrogen) atoms. The van der Waals surface area contributed by atoms with E-state index in [0.717, 1.165) is 17.9 Å². The summed E-state index contributed by atoms with van der Waals surface area (Å²) in [5.74, 6) is 1.13. The summed E-state index contributed by atoms with van der Waals surface area (Å²) in [7, 11) is 0. The van der Waals surface area contributed by atoms with Crippen LogP contribution in [0.1, 0.15) is 67.7 Å². The molecule has 0 aliphatic heterocycles. The SMILES string of the molecule is C.C#C.C=C(C)/C(C)=C/C(=C/C=C\C)CC.CCC1CC1.